The van der Waals surface area contributed by atoms with Gasteiger partial charge in [-0.25, -0.2) is 0 Å². The van der Waals surface area contributed by atoms with E-state index in [0.29, 0.717) is 12.1 Å². The van der Waals surface area contributed by atoms with Gasteiger partial charge in [-0.3, -0.25) is 13.5 Å². The number of hydrogen-bond donors (Lipinski definition) is 1. The molecule has 6 nitrogen and oxygen atoms in total. The second-order valence-electron chi connectivity index (χ2n) is 6.55. The van der Waals surface area contributed by atoms with Gasteiger partial charge < -0.3 is 9.64 Å². The van der Waals surface area contributed by atoms with E-state index in [1.54, 1.807) is 12.1 Å². The van der Waals surface area contributed by atoms with E-state index in [-0.39, 0.29) is 18.7 Å². The number of piperidine rings is 1. The standard InChI is InChI=1S/C17H23NO5S/c1-18-13-7-8-14(18)10-15(9-13)23-17(19)16(11-22-24(20)21)12-5-3-2-4-6-12/h2-6,13-16H,7-11H2,1H3,(H,20,21)/t13-,14+,15?,16?. The summed E-state index contributed by atoms with van der Waals surface area (Å²) in [5.41, 5.74) is 0.726. The maximum atomic E-state index is 12.6. The molecule has 132 valence electrons. The molecule has 2 heterocycles. The van der Waals surface area contributed by atoms with E-state index in [1.165, 1.54) is 0 Å². The highest BCUT2D eigenvalue weighted by Gasteiger charge is 2.40. The zero-order chi connectivity index (χ0) is 17.1. The van der Waals surface area contributed by atoms with Gasteiger partial charge in [-0.05, 0) is 38.3 Å². The Labute approximate surface area is 144 Å². The molecule has 24 heavy (non-hydrogen) atoms. The van der Waals surface area contributed by atoms with Crippen LogP contribution in [0.15, 0.2) is 30.3 Å². The van der Waals surface area contributed by atoms with Crippen molar-refractivity contribution >= 4 is 17.3 Å². The summed E-state index contributed by atoms with van der Waals surface area (Å²) in [6.07, 6.45) is 3.94. The lowest BCUT2D eigenvalue weighted by Gasteiger charge is -2.36. The summed E-state index contributed by atoms with van der Waals surface area (Å²) in [5, 5.41) is 0. The molecule has 0 spiro atoms. The van der Waals surface area contributed by atoms with Crippen LogP contribution in [0.5, 0.6) is 0 Å². The Hall–Kier alpha value is -1.28. The first kappa shape index (κ1) is 17.5. The topological polar surface area (TPSA) is 76.1 Å². The van der Waals surface area contributed by atoms with Crippen molar-refractivity contribution in [2.75, 3.05) is 13.7 Å². The fourth-order valence-electron chi connectivity index (χ4n) is 3.82. The minimum absolute atomic E-state index is 0.0861. The minimum atomic E-state index is -2.40. The van der Waals surface area contributed by atoms with Crippen molar-refractivity contribution in [3.8, 4) is 0 Å². The molecule has 0 amide bonds. The van der Waals surface area contributed by atoms with Gasteiger partial charge in [0.15, 0.2) is 0 Å². The van der Waals surface area contributed by atoms with Gasteiger partial charge >= 0.3 is 17.3 Å². The monoisotopic (exact) mass is 353 g/mol. The third-order valence-electron chi connectivity index (χ3n) is 5.16. The summed E-state index contributed by atoms with van der Waals surface area (Å²) in [6, 6.07) is 10.1. The molecule has 2 aliphatic heterocycles. The summed E-state index contributed by atoms with van der Waals surface area (Å²) in [5.74, 6) is -1.08. The van der Waals surface area contributed by atoms with Gasteiger partial charge in [-0.1, -0.05) is 30.3 Å². The van der Waals surface area contributed by atoms with E-state index in [2.05, 4.69) is 11.9 Å². The SMILES string of the molecule is CN1[C@@H]2CC[C@H]1CC(OC(=O)C(COS(=O)O)c1ccccc1)C2. The number of fused-ring (bicyclic) bond motifs is 2. The third-order valence-corrected chi connectivity index (χ3v) is 5.50. The van der Waals surface area contributed by atoms with E-state index in [1.807, 2.05) is 18.2 Å². The Morgan fingerprint density at radius 2 is 1.92 bits per heavy atom. The molecule has 2 saturated heterocycles. The molecule has 3 rings (SSSR count). The Balaban J connectivity index is 1.66. The van der Waals surface area contributed by atoms with Crippen LogP contribution in [0.1, 0.15) is 37.2 Å². The molecule has 1 aromatic rings. The maximum absolute atomic E-state index is 12.6. The number of esters is 1. The molecular weight excluding hydrogens is 330 g/mol. The molecule has 2 bridgehead atoms. The molecular formula is C17H23NO5S. The molecule has 7 heteroatoms. The first-order chi connectivity index (χ1) is 11.5. The minimum Gasteiger partial charge on any atom is -0.462 e. The van der Waals surface area contributed by atoms with Gasteiger partial charge in [-0.15, -0.1) is 0 Å². The Morgan fingerprint density at radius 1 is 1.29 bits per heavy atom. The number of ether oxygens (including phenoxy) is 1. The van der Waals surface area contributed by atoms with E-state index >= 15 is 0 Å². The number of benzene rings is 1. The van der Waals surface area contributed by atoms with Crippen molar-refractivity contribution in [2.45, 2.75) is 49.8 Å². The van der Waals surface area contributed by atoms with E-state index in [9.17, 15) is 9.00 Å². The van der Waals surface area contributed by atoms with Crippen LogP contribution in [0.4, 0.5) is 0 Å². The van der Waals surface area contributed by atoms with E-state index < -0.39 is 17.3 Å². The Morgan fingerprint density at radius 3 is 2.50 bits per heavy atom. The normalized spacial score (nSPS) is 29.2. The number of rotatable bonds is 6. The van der Waals surface area contributed by atoms with Crippen molar-refractivity contribution in [1.29, 1.82) is 0 Å². The second kappa shape index (κ2) is 7.74. The predicted molar refractivity (Wildman–Crippen MR) is 89.6 cm³/mol. The quantitative estimate of drug-likeness (QED) is 0.623. The highest BCUT2D eigenvalue weighted by atomic mass is 32.2. The van der Waals surface area contributed by atoms with Gasteiger partial charge in [-0.2, -0.15) is 4.21 Å². The van der Waals surface area contributed by atoms with Crippen LogP contribution in [0, 0.1) is 0 Å². The molecule has 2 aliphatic rings. The van der Waals surface area contributed by atoms with Crippen LogP contribution in [-0.2, 0) is 25.1 Å². The van der Waals surface area contributed by atoms with Crippen LogP contribution in [-0.4, -0.2) is 51.5 Å². The fraction of sp³-hybridized carbons (Fsp3) is 0.588. The molecule has 1 aromatic carbocycles. The molecule has 0 saturated carbocycles. The van der Waals surface area contributed by atoms with Crippen LogP contribution in [0.25, 0.3) is 0 Å². The lowest BCUT2D eigenvalue weighted by atomic mass is 9.98. The highest BCUT2D eigenvalue weighted by molar-refractivity contribution is 7.74. The summed E-state index contributed by atoms with van der Waals surface area (Å²) >= 11 is -2.40. The predicted octanol–water partition coefficient (Wildman–Crippen LogP) is 2.09. The number of carbonyl (C=O) groups excluding carboxylic acids is 1. The van der Waals surface area contributed by atoms with Crippen molar-refractivity contribution in [1.82, 2.24) is 4.90 Å². The summed E-state index contributed by atoms with van der Waals surface area (Å²) < 4.78 is 30.2. The van der Waals surface area contributed by atoms with Crippen molar-refractivity contribution in [2.24, 2.45) is 0 Å². The summed E-state index contributed by atoms with van der Waals surface area (Å²) in [6.45, 7) is -0.175. The number of nitrogens with zero attached hydrogens (tertiary/aromatic N) is 1. The zero-order valence-corrected chi connectivity index (χ0v) is 14.5. The molecule has 2 fully saturated rings. The van der Waals surface area contributed by atoms with Gasteiger partial charge in [0, 0.05) is 12.1 Å². The highest BCUT2D eigenvalue weighted by Crippen LogP contribution is 2.36. The lowest BCUT2D eigenvalue weighted by Crippen LogP contribution is -2.44. The second-order valence-corrected chi connectivity index (χ2v) is 7.22. The van der Waals surface area contributed by atoms with Crippen LogP contribution >= 0.6 is 0 Å². The Bertz CT molecular complexity index is 582. The van der Waals surface area contributed by atoms with Gasteiger partial charge in [0.25, 0.3) is 0 Å². The van der Waals surface area contributed by atoms with Crippen LogP contribution in [0.3, 0.4) is 0 Å². The average Bonchev–Trinajstić information content (AvgIpc) is 2.77. The van der Waals surface area contributed by atoms with Crippen LogP contribution in [0.2, 0.25) is 0 Å². The van der Waals surface area contributed by atoms with Crippen molar-refractivity contribution in [3.63, 3.8) is 0 Å². The van der Waals surface area contributed by atoms with Gasteiger partial charge in [0.05, 0.1) is 6.61 Å². The third kappa shape index (κ3) is 4.03. The van der Waals surface area contributed by atoms with E-state index in [0.717, 1.165) is 31.2 Å². The first-order valence-electron chi connectivity index (χ1n) is 8.26. The van der Waals surface area contributed by atoms with E-state index in [4.69, 9.17) is 13.5 Å². The number of hydrogen-bond acceptors (Lipinski definition) is 5. The lowest BCUT2D eigenvalue weighted by molar-refractivity contribution is -0.155. The fourth-order valence-corrected chi connectivity index (χ4v) is 4.07. The Kier molecular flexibility index (Phi) is 5.65. The van der Waals surface area contributed by atoms with Gasteiger partial charge in [0.1, 0.15) is 12.0 Å². The molecule has 1 N–H and O–H groups in total. The van der Waals surface area contributed by atoms with Crippen LogP contribution < -0.4 is 0 Å². The zero-order valence-electron chi connectivity index (χ0n) is 13.7. The molecule has 0 radical (unpaired) electrons. The molecule has 0 aliphatic carbocycles. The molecule has 5 atom stereocenters. The average molecular weight is 353 g/mol. The largest absolute Gasteiger partial charge is 0.462 e. The number of carbonyl (C=O) groups is 1. The van der Waals surface area contributed by atoms with Crippen molar-refractivity contribution in [3.05, 3.63) is 35.9 Å². The summed E-state index contributed by atoms with van der Waals surface area (Å²) in [7, 11) is 2.14. The first-order valence-corrected chi connectivity index (χ1v) is 9.29. The smallest absolute Gasteiger partial charge is 0.316 e. The van der Waals surface area contributed by atoms with Gasteiger partial charge in [0.2, 0.25) is 0 Å². The summed E-state index contributed by atoms with van der Waals surface area (Å²) in [4.78, 5) is 15.0. The molecule has 3 unspecified atom stereocenters. The molecule has 0 aromatic heterocycles. The maximum Gasteiger partial charge on any atom is 0.316 e. The van der Waals surface area contributed by atoms with Crippen molar-refractivity contribution < 1.29 is 22.5 Å².